The highest BCUT2D eigenvalue weighted by Gasteiger charge is 2.43. The summed E-state index contributed by atoms with van der Waals surface area (Å²) in [6, 6.07) is 4.00. The van der Waals surface area contributed by atoms with Crippen molar-refractivity contribution in [2.45, 2.75) is 57.0 Å². The van der Waals surface area contributed by atoms with Gasteiger partial charge in [-0.05, 0) is 43.9 Å². The van der Waals surface area contributed by atoms with Crippen LogP contribution in [0.4, 0.5) is 0 Å². The van der Waals surface area contributed by atoms with Gasteiger partial charge in [-0.1, -0.05) is 25.3 Å². The largest absolute Gasteiger partial charge is 0.467 e. The molecule has 2 aliphatic rings. The number of carbonyl (C=O) groups excluding carboxylic acids is 2. The van der Waals surface area contributed by atoms with Crippen molar-refractivity contribution in [1.82, 2.24) is 15.2 Å². The highest BCUT2D eigenvalue weighted by Crippen LogP contribution is 2.30. The molecule has 1 aromatic rings. The second-order valence-electron chi connectivity index (χ2n) is 7.56. The van der Waals surface area contributed by atoms with E-state index in [1.54, 1.807) is 6.20 Å². The molecule has 0 radical (unpaired) electrons. The Hall–Kier alpha value is -1.95. The first kappa shape index (κ1) is 18.8. The van der Waals surface area contributed by atoms with E-state index in [-0.39, 0.29) is 17.8 Å². The summed E-state index contributed by atoms with van der Waals surface area (Å²) >= 11 is 0. The SMILES string of the molecule is COC(=O)C1(NC(=O)[C@@H]2CCCN(Cc3cccnc3)C2)CCCCC1. The summed E-state index contributed by atoms with van der Waals surface area (Å²) in [5, 5.41) is 3.08. The molecule has 142 valence electrons. The number of piperidine rings is 1. The van der Waals surface area contributed by atoms with Crippen molar-refractivity contribution < 1.29 is 14.3 Å². The van der Waals surface area contributed by atoms with E-state index in [2.05, 4.69) is 21.3 Å². The van der Waals surface area contributed by atoms with Gasteiger partial charge >= 0.3 is 5.97 Å². The number of methoxy groups -OCH3 is 1. The van der Waals surface area contributed by atoms with Crippen LogP contribution in [0.2, 0.25) is 0 Å². The van der Waals surface area contributed by atoms with Crippen LogP contribution in [0.1, 0.15) is 50.5 Å². The zero-order valence-electron chi connectivity index (χ0n) is 15.6. The number of rotatable bonds is 5. The van der Waals surface area contributed by atoms with E-state index in [0.29, 0.717) is 12.8 Å². The fourth-order valence-corrected chi connectivity index (χ4v) is 4.23. The smallest absolute Gasteiger partial charge is 0.331 e. The Morgan fingerprint density at radius 1 is 1.31 bits per heavy atom. The Kier molecular flexibility index (Phi) is 6.25. The summed E-state index contributed by atoms with van der Waals surface area (Å²) in [5.41, 5.74) is 0.335. The van der Waals surface area contributed by atoms with Gasteiger partial charge in [-0.15, -0.1) is 0 Å². The number of amides is 1. The Morgan fingerprint density at radius 2 is 2.12 bits per heavy atom. The zero-order valence-corrected chi connectivity index (χ0v) is 15.6. The summed E-state index contributed by atoms with van der Waals surface area (Å²) in [5.74, 6) is -0.384. The first-order chi connectivity index (χ1) is 12.6. The van der Waals surface area contributed by atoms with E-state index < -0.39 is 5.54 Å². The lowest BCUT2D eigenvalue weighted by Crippen LogP contribution is -2.58. The van der Waals surface area contributed by atoms with Gasteiger partial charge in [0.1, 0.15) is 5.54 Å². The molecule has 6 nitrogen and oxygen atoms in total. The number of ether oxygens (including phenoxy) is 1. The van der Waals surface area contributed by atoms with Gasteiger partial charge < -0.3 is 10.1 Å². The maximum Gasteiger partial charge on any atom is 0.331 e. The number of likely N-dealkylation sites (tertiary alicyclic amines) is 1. The molecule has 0 spiro atoms. The number of hydrogen-bond donors (Lipinski definition) is 1. The lowest BCUT2D eigenvalue weighted by Gasteiger charge is -2.38. The minimum absolute atomic E-state index is 0.00631. The van der Waals surface area contributed by atoms with E-state index in [1.807, 2.05) is 12.3 Å². The summed E-state index contributed by atoms with van der Waals surface area (Å²) in [4.78, 5) is 31.8. The second-order valence-corrected chi connectivity index (χ2v) is 7.56. The van der Waals surface area contributed by atoms with Gasteiger partial charge in [-0.2, -0.15) is 0 Å². The molecular formula is C20H29N3O3. The predicted molar refractivity (Wildman–Crippen MR) is 98.2 cm³/mol. The average molecular weight is 359 g/mol. The van der Waals surface area contributed by atoms with Crippen LogP contribution in [0.25, 0.3) is 0 Å². The molecule has 1 saturated heterocycles. The number of pyridine rings is 1. The number of aromatic nitrogens is 1. The van der Waals surface area contributed by atoms with Gasteiger partial charge in [0.15, 0.2) is 0 Å². The molecule has 3 rings (SSSR count). The van der Waals surface area contributed by atoms with Gasteiger partial charge in [-0.25, -0.2) is 4.79 Å². The summed E-state index contributed by atoms with van der Waals surface area (Å²) in [6.07, 6.45) is 9.87. The molecule has 2 fully saturated rings. The van der Waals surface area contributed by atoms with E-state index in [9.17, 15) is 9.59 Å². The number of hydrogen-bond acceptors (Lipinski definition) is 5. The van der Waals surface area contributed by atoms with Gasteiger partial charge in [-0.3, -0.25) is 14.7 Å². The third-order valence-corrected chi connectivity index (χ3v) is 5.65. The number of carbonyl (C=O) groups is 2. The minimum Gasteiger partial charge on any atom is -0.467 e. The molecule has 1 aliphatic carbocycles. The summed E-state index contributed by atoms with van der Waals surface area (Å²) in [7, 11) is 1.40. The molecular weight excluding hydrogens is 330 g/mol. The number of nitrogens with one attached hydrogen (secondary N) is 1. The quantitative estimate of drug-likeness (QED) is 0.817. The minimum atomic E-state index is -0.824. The van der Waals surface area contributed by atoms with E-state index >= 15 is 0 Å². The lowest BCUT2D eigenvalue weighted by atomic mass is 9.81. The van der Waals surface area contributed by atoms with Crippen LogP contribution in [0.5, 0.6) is 0 Å². The van der Waals surface area contributed by atoms with Crippen LogP contribution in [-0.2, 0) is 20.9 Å². The van der Waals surface area contributed by atoms with Crippen molar-refractivity contribution in [3.63, 3.8) is 0 Å². The van der Waals surface area contributed by atoms with Gasteiger partial charge in [0.2, 0.25) is 5.91 Å². The van der Waals surface area contributed by atoms with Crippen molar-refractivity contribution in [3.05, 3.63) is 30.1 Å². The molecule has 26 heavy (non-hydrogen) atoms. The molecule has 1 aliphatic heterocycles. The van der Waals surface area contributed by atoms with Crippen molar-refractivity contribution in [3.8, 4) is 0 Å². The van der Waals surface area contributed by atoms with Gasteiger partial charge in [0.25, 0.3) is 0 Å². The fraction of sp³-hybridized carbons (Fsp3) is 0.650. The topological polar surface area (TPSA) is 71.5 Å². The van der Waals surface area contributed by atoms with Crippen molar-refractivity contribution in [2.75, 3.05) is 20.2 Å². The first-order valence-corrected chi connectivity index (χ1v) is 9.65. The molecule has 1 atom stereocenters. The highest BCUT2D eigenvalue weighted by atomic mass is 16.5. The molecule has 1 aromatic heterocycles. The number of nitrogens with zero attached hydrogens (tertiary/aromatic N) is 2. The van der Waals surface area contributed by atoms with Crippen LogP contribution in [-0.4, -0.2) is 47.5 Å². The van der Waals surface area contributed by atoms with Crippen LogP contribution in [0, 0.1) is 5.92 Å². The molecule has 0 bridgehead atoms. The van der Waals surface area contributed by atoms with E-state index in [1.165, 1.54) is 7.11 Å². The maximum absolute atomic E-state index is 12.9. The normalized spacial score (nSPS) is 23.2. The summed E-state index contributed by atoms with van der Waals surface area (Å²) in [6.45, 7) is 2.51. The van der Waals surface area contributed by atoms with Crippen LogP contribution in [0.15, 0.2) is 24.5 Å². The Morgan fingerprint density at radius 3 is 2.81 bits per heavy atom. The maximum atomic E-state index is 12.9. The first-order valence-electron chi connectivity index (χ1n) is 9.65. The number of esters is 1. The third kappa shape index (κ3) is 4.41. The Labute approximate surface area is 155 Å². The lowest BCUT2D eigenvalue weighted by molar-refractivity contribution is -0.153. The van der Waals surface area contributed by atoms with Gasteiger partial charge in [0.05, 0.1) is 13.0 Å². The Bertz CT molecular complexity index is 614. The fourth-order valence-electron chi connectivity index (χ4n) is 4.23. The molecule has 1 N–H and O–H groups in total. The van der Waals surface area contributed by atoms with E-state index in [4.69, 9.17) is 4.74 Å². The van der Waals surface area contributed by atoms with E-state index in [0.717, 1.165) is 57.3 Å². The van der Waals surface area contributed by atoms with Crippen molar-refractivity contribution >= 4 is 11.9 Å². The molecule has 6 heteroatoms. The molecule has 0 aromatic carbocycles. The molecule has 1 saturated carbocycles. The molecule has 2 heterocycles. The third-order valence-electron chi connectivity index (χ3n) is 5.65. The predicted octanol–water partition coefficient (Wildman–Crippen LogP) is 2.29. The van der Waals surface area contributed by atoms with Crippen molar-refractivity contribution in [2.24, 2.45) is 5.92 Å². The summed E-state index contributed by atoms with van der Waals surface area (Å²) < 4.78 is 5.01. The standard InChI is InChI=1S/C20H29N3O3/c1-26-19(25)20(9-3-2-4-10-20)22-18(24)17-8-6-12-23(15-17)14-16-7-5-11-21-13-16/h5,7,11,13,17H,2-4,6,8-10,12,14-15H2,1H3,(H,22,24)/t17-/m1/s1. The van der Waals surface area contributed by atoms with Crippen LogP contribution < -0.4 is 5.32 Å². The second kappa shape index (κ2) is 8.62. The average Bonchev–Trinajstić information content (AvgIpc) is 2.69. The zero-order chi connectivity index (χ0) is 18.4. The van der Waals surface area contributed by atoms with Gasteiger partial charge in [0, 0.05) is 25.5 Å². The Balaban J connectivity index is 1.62. The monoisotopic (exact) mass is 359 g/mol. The molecule has 1 amide bonds. The van der Waals surface area contributed by atoms with Crippen LogP contribution >= 0.6 is 0 Å². The van der Waals surface area contributed by atoms with Crippen LogP contribution in [0.3, 0.4) is 0 Å². The van der Waals surface area contributed by atoms with Crippen molar-refractivity contribution in [1.29, 1.82) is 0 Å². The molecule has 0 unspecified atom stereocenters. The highest BCUT2D eigenvalue weighted by molar-refractivity contribution is 5.89.